The number of carbonyl (C=O) groups excluding carboxylic acids is 1. The van der Waals surface area contributed by atoms with Crippen LogP contribution < -0.4 is 8.65 Å². The van der Waals surface area contributed by atoms with Crippen LogP contribution in [0, 0.1) is 5.41 Å². The van der Waals surface area contributed by atoms with E-state index in [4.69, 9.17) is 0 Å². The van der Waals surface area contributed by atoms with Gasteiger partial charge in [0.05, 0.1) is 34.8 Å². The van der Waals surface area contributed by atoms with Gasteiger partial charge in [0.25, 0.3) is 0 Å². The molecule has 0 bridgehead atoms. The Morgan fingerprint density at radius 1 is 1.21 bits per heavy atom. The minimum Gasteiger partial charge on any atom is -0.503 e. The van der Waals surface area contributed by atoms with Crippen LogP contribution in [0.4, 0.5) is 0 Å². The van der Waals surface area contributed by atoms with Gasteiger partial charge >= 0.3 is 0 Å². The van der Waals surface area contributed by atoms with Gasteiger partial charge in [-0.25, -0.2) is 4.68 Å². The first-order valence-electron chi connectivity index (χ1n) is 6.48. The molecule has 1 fully saturated rings. The van der Waals surface area contributed by atoms with E-state index in [1.807, 2.05) is 3.22 Å². The Morgan fingerprint density at radius 2 is 1.89 bits per heavy atom. The molecule has 0 aromatic carbocycles. The van der Waals surface area contributed by atoms with Crippen molar-refractivity contribution in [1.29, 1.82) is 0 Å². The molecule has 1 aromatic rings. The van der Waals surface area contributed by atoms with Crippen molar-refractivity contribution in [3.8, 4) is 5.75 Å². The van der Waals surface area contributed by atoms with Crippen LogP contribution in [0.3, 0.4) is 0 Å². The first-order valence-corrected chi connectivity index (χ1v) is 7.45. The van der Waals surface area contributed by atoms with Crippen molar-refractivity contribution in [2.45, 2.75) is 32.1 Å². The maximum Gasteiger partial charge on any atom is 0.224 e. The van der Waals surface area contributed by atoms with Gasteiger partial charge in [0, 0.05) is 12.3 Å². The van der Waals surface area contributed by atoms with Gasteiger partial charge < -0.3 is 5.11 Å². The Morgan fingerprint density at radius 3 is 2.58 bits per heavy atom. The zero-order valence-corrected chi connectivity index (χ0v) is 12.6. The lowest BCUT2D eigenvalue weighted by molar-refractivity contribution is 0.0680. The fourth-order valence-electron chi connectivity index (χ4n) is 3.17. The van der Waals surface area contributed by atoms with E-state index < -0.39 is 16.6 Å². The molecule has 5 nitrogen and oxygen atoms in total. The number of aromatic hydroxyl groups is 1. The monoisotopic (exact) mass is 374 g/mol. The molecule has 0 unspecified atom stereocenters. The number of fused-ring (bicyclic) bond motifs is 1. The van der Waals surface area contributed by atoms with Crippen molar-refractivity contribution in [2.24, 2.45) is 5.41 Å². The summed E-state index contributed by atoms with van der Waals surface area (Å²) in [7, 11) is 0. The molecule has 2 heterocycles. The van der Waals surface area contributed by atoms with Crippen molar-refractivity contribution in [1.82, 2.24) is 4.68 Å². The smallest absolute Gasteiger partial charge is 0.224 e. The standard InChI is InChI=1S/C13H15IN2O3/c14-16-8-13(5-2-1-3-6-13)12(19)10-11(18)9(17)4-7-15(10)16/h4,7,18H,1-3,5-6,8H2. The predicted octanol–water partition coefficient (Wildman–Crippen LogP) is 1.99. The van der Waals surface area contributed by atoms with Gasteiger partial charge in [0.1, 0.15) is 0 Å². The molecule has 1 aliphatic carbocycles. The van der Waals surface area contributed by atoms with Gasteiger partial charge in [-0.2, -0.15) is 0 Å². The number of carbonyl (C=O) groups is 1. The van der Waals surface area contributed by atoms with Crippen molar-refractivity contribution < 1.29 is 9.90 Å². The van der Waals surface area contributed by atoms with Crippen LogP contribution >= 0.6 is 22.9 Å². The van der Waals surface area contributed by atoms with Crippen molar-refractivity contribution in [3.63, 3.8) is 0 Å². The van der Waals surface area contributed by atoms with E-state index in [1.165, 1.54) is 6.07 Å². The number of rotatable bonds is 0. The fraction of sp³-hybridized carbons (Fsp3) is 0.538. The molecule has 1 aromatic heterocycles. The van der Waals surface area contributed by atoms with Crippen LogP contribution in [0.2, 0.25) is 0 Å². The summed E-state index contributed by atoms with van der Waals surface area (Å²) in [6.07, 6.45) is 6.46. The molecule has 0 radical (unpaired) electrons. The van der Waals surface area contributed by atoms with Crippen LogP contribution in [0.15, 0.2) is 17.1 Å². The normalized spacial score (nSPS) is 21.5. The quantitative estimate of drug-likeness (QED) is 0.558. The third kappa shape index (κ3) is 1.87. The summed E-state index contributed by atoms with van der Waals surface area (Å²) in [5, 5.41) is 9.96. The molecule has 3 rings (SSSR count). The summed E-state index contributed by atoms with van der Waals surface area (Å²) in [5.41, 5.74) is -0.766. The summed E-state index contributed by atoms with van der Waals surface area (Å²) in [6.45, 7) is 0.641. The number of Topliss-reactive ketones (excluding diaryl/α,β-unsaturated/α-hetero) is 1. The van der Waals surface area contributed by atoms with Crippen LogP contribution in [0.1, 0.15) is 42.6 Å². The number of ketones is 1. The maximum atomic E-state index is 12.8. The number of hydrogen-bond acceptors (Lipinski definition) is 4. The van der Waals surface area contributed by atoms with Crippen LogP contribution in [-0.4, -0.2) is 22.1 Å². The largest absolute Gasteiger partial charge is 0.503 e. The highest BCUT2D eigenvalue weighted by Gasteiger charge is 2.47. The van der Waals surface area contributed by atoms with Gasteiger partial charge in [-0.05, 0) is 12.8 Å². The molecule has 1 spiro atoms. The van der Waals surface area contributed by atoms with Gasteiger partial charge in [-0.15, -0.1) is 0 Å². The molecule has 19 heavy (non-hydrogen) atoms. The lowest BCUT2D eigenvalue weighted by atomic mass is 9.69. The highest BCUT2D eigenvalue weighted by molar-refractivity contribution is 14.1. The fourth-order valence-corrected chi connectivity index (χ4v) is 4.18. The lowest BCUT2D eigenvalue weighted by Gasteiger charge is -2.43. The van der Waals surface area contributed by atoms with Crippen molar-refractivity contribution >= 4 is 28.6 Å². The molecule has 0 saturated heterocycles. The molecular weight excluding hydrogens is 359 g/mol. The SMILES string of the molecule is O=C1c2c(O)c(=O)ccn2N(I)CC12CCCCC2. The second kappa shape index (κ2) is 4.50. The maximum absolute atomic E-state index is 12.8. The number of pyridine rings is 1. The average molecular weight is 374 g/mol. The van der Waals surface area contributed by atoms with E-state index >= 15 is 0 Å². The Bertz CT molecular complexity index is 590. The van der Waals surface area contributed by atoms with Crippen molar-refractivity contribution in [3.05, 3.63) is 28.2 Å². The minimum absolute atomic E-state index is 0.0738. The number of nitrogens with zero attached hydrogens (tertiary/aromatic N) is 2. The molecule has 1 N–H and O–H groups in total. The third-order valence-electron chi connectivity index (χ3n) is 4.23. The average Bonchev–Trinajstić information content (AvgIpc) is 2.40. The minimum atomic E-state index is -0.489. The van der Waals surface area contributed by atoms with Gasteiger partial charge in [-0.3, -0.25) is 12.8 Å². The second-order valence-electron chi connectivity index (χ2n) is 5.39. The Kier molecular flexibility index (Phi) is 3.07. The zero-order valence-electron chi connectivity index (χ0n) is 10.4. The molecule has 1 aliphatic heterocycles. The lowest BCUT2D eigenvalue weighted by Crippen LogP contribution is -2.51. The number of hydrogen-bond donors (Lipinski definition) is 1. The van der Waals surface area contributed by atoms with Gasteiger partial charge in [0.2, 0.25) is 5.43 Å². The molecule has 0 atom stereocenters. The summed E-state index contributed by atoms with van der Waals surface area (Å²) < 4.78 is 3.47. The highest BCUT2D eigenvalue weighted by Crippen LogP contribution is 2.43. The topological polar surface area (TPSA) is 62.5 Å². The van der Waals surface area contributed by atoms with Crippen LogP contribution in [-0.2, 0) is 0 Å². The molecule has 102 valence electrons. The molecule has 6 heteroatoms. The molecule has 1 saturated carbocycles. The van der Waals surface area contributed by atoms with Crippen LogP contribution in [0.5, 0.6) is 5.75 Å². The molecule has 2 aliphatic rings. The Hall–Kier alpha value is -1.05. The van der Waals surface area contributed by atoms with E-state index in [2.05, 4.69) is 22.9 Å². The van der Waals surface area contributed by atoms with Gasteiger partial charge in [0.15, 0.2) is 17.2 Å². The van der Waals surface area contributed by atoms with Gasteiger partial charge in [-0.1, -0.05) is 19.3 Å². The predicted molar refractivity (Wildman–Crippen MR) is 79.3 cm³/mol. The third-order valence-corrected chi connectivity index (χ3v) is 5.03. The summed E-state index contributed by atoms with van der Waals surface area (Å²) >= 11 is 2.13. The number of halogens is 1. The Balaban J connectivity index is 2.16. The second-order valence-corrected chi connectivity index (χ2v) is 6.50. The van der Waals surface area contributed by atoms with E-state index in [0.717, 1.165) is 32.1 Å². The van der Waals surface area contributed by atoms with E-state index in [1.54, 1.807) is 10.9 Å². The first-order chi connectivity index (χ1) is 9.05. The molecular formula is C13H15IN2O3. The first kappa shape index (κ1) is 13.0. The van der Waals surface area contributed by atoms with E-state index in [9.17, 15) is 14.7 Å². The molecule has 0 amide bonds. The van der Waals surface area contributed by atoms with E-state index in [0.29, 0.717) is 6.54 Å². The Labute approximate surface area is 124 Å². The summed E-state index contributed by atoms with van der Waals surface area (Å²) in [6, 6.07) is 1.29. The van der Waals surface area contributed by atoms with Crippen LogP contribution in [0.25, 0.3) is 0 Å². The summed E-state index contributed by atoms with van der Waals surface area (Å²) in [4.78, 5) is 24.3. The van der Waals surface area contributed by atoms with E-state index in [-0.39, 0.29) is 11.5 Å². The van der Waals surface area contributed by atoms with Crippen molar-refractivity contribution in [2.75, 3.05) is 9.77 Å². The number of aromatic nitrogens is 1. The zero-order chi connectivity index (χ0) is 13.6. The summed E-state index contributed by atoms with van der Waals surface area (Å²) in [5.74, 6) is -0.492. The highest BCUT2D eigenvalue weighted by atomic mass is 127.